The van der Waals surface area contributed by atoms with Crippen molar-refractivity contribution >= 4 is 28.6 Å². The molecule has 2 aliphatic carbocycles. The fourth-order valence-electron chi connectivity index (χ4n) is 4.77. The van der Waals surface area contributed by atoms with Gasteiger partial charge in [-0.15, -0.1) is 0 Å². The zero-order valence-corrected chi connectivity index (χ0v) is 17.9. The molecule has 3 aromatic carbocycles. The van der Waals surface area contributed by atoms with Crippen LogP contribution in [-0.4, -0.2) is 23.8 Å². The Labute approximate surface area is 183 Å². The molecule has 0 atom stereocenters. The highest BCUT2D eigenvalue weighted by Gasteiger charge is 2.38. The van der Waals surface area contributed by atoms with Crippen molar-refractivity contribution in [2.24, 2.45) is 0 Å². The van der Waals surface area contributed by atoms with Crippen LogP contribution in [0.4, 0.5) is 0 Å². The van der Waals surface area contributed by atoms with Gasteiger partial charge in [-0.25, -0.2) is 0 Å². The second-order valence-corrected chi connectivity index (χ2v) is 7.85. The summed E-state index contributed by atoms with van der Waals surface area (Å²) in [6, 6.07) is 28.8. The van der Waals surface area contributed by atoms with Crippen LogP contribution in [0.25, 0.3) is 22.8 Å². The van der Waals surface area contributed by atoms with Gasteiger partial charge in [-0.3, -0.25) is 4.79 Å². The van der Waals surface area contributed by atoms with Crippen molar-refractivity contribution in [1.29, 1.82) is 0 Å². The number of fused-ring (bicyclic) bond motifs is 3. The van der Waals surface area contributed by atoms with Gasteiger partial charge in [0.25, 0.3) is 0 Å². The molecule has 2 nitrogen and oxygen atoms in total. The van der Waals surface area contributed by atoms with Crippen LogP contribution < -0.4 is 0 Å². The minimum Gasteiger partial charge on any atom is -0.371 e. The Balaban J connectivity index is 1.92. The van der Waals surface area contributed by atoms with E-state index in [9.17, 15) is 4.79 Å². The predicted molar refractivity (Wildman–Crippen MR) is 129 cm³/mol. The van der Waals surface area contributed by atoms with Crippen LogP contribution in [-0.2, 0) is 4.79 Å². The number of hydrogen-bond donors (Lipinski definition) is 0. The molecular weight excluding hydrogens is 378 g/mol. The van der Waals surface area contributed by atoms with Gasteiger partial charge < -0.3 is 4.90 Å². The van der Waals surface area contributed by atoms with E-state index in [1.807, 2.05) is 54.6 Å². The number of likely N-dealkylation sites (N-methyl/N-ethyl adjacent to an activating group) is 1. The van der Waals surface area contributed by atoms with Crippen molar-refractivity contribution in [2.45, 2.75) is 13.8 Å². The molecule has 0 unspecified atom stereocenters. The Hall–Kier alpha value is -3.65. The number of Topliss-reactive ketones (excluding diaryl/α,β-unsaturated/α-hetero) is 1. The molecule has 0 fully saturated rings. The average molecular weight is 404 g/mol. The first-order chi connectivity index (χ1) is 15.2. The molecule has 0 saturated carbocycles. The van der Waals surface area contributed by atoms with Gasteiger partial charge >= 0.3 is 0 Å². The Bertz CT molecular complexity index is 1240. The SMILES string of the molecule is CCN(CC)C1=C2C(=Cc3ccccc32)C(=O)C(c2ccccc2)=C1c1ccccc1. The second kappa shape index (κ2) is 7.88. The number of rotatable bonds is 5. The highest BCUT2D eigenvalue weighted by atomic mass is 16.1. The molecule has 5 rings (SSSR count). The summed E-state index contributed by atoms with van der Waals surface area (Å²) in [5.74, 6) is 0.104. The van der Waals surface area contributed by atoms with Gasteiger partial charge in [0.2, 0.25) is 0 Å². The number of ketones is 1. The molecule has 0 bridgehead atoms. The molecule has 152 valence electrons. The molecule has 0 amide bonds. The van der Waals surface area contributed by atoms with E-state index in [0.717, 1.165) is 63.3 Å². The van der Waals surface area contributed by atoms with E-state index in [4.69, 9.17) is 0 Å². The third kappa shape index (κ3) is 3.07. The van der Waals surface area contributed by atoms with Crippen LogP contribution in [0, 0.1) is 0 Å². The lowest BCUT2D eigenvalue weighted by Crippen LogP contribution is -2.28. The molecule has 3 aromatic rings. The van der Waals surface area contributed by atoms with E-state index in [1.165, 1.54) is 0 Å². The van der Waals surface area contributed by atoms with E-state index >= 15 is 0 Å². The number of hydrogen-bond acceptors (Lipinski definition) is 2. The van der Waals surface area contributed by atoms with E-state index in [2.05, 4.69) is 55.2 Å². The molecule has 0 aromatic heterocycles. The van der Waals surface area contributed by atoms with Crippen LogP contribution in [0.1, 0.15) is 36.1 Å². The first kappa shape index (κ1) is 19.3. The Morgan fingerprint density at radius 3 is 1.81 bits per heavy atom. The molecule has 2 aliphatic rings. The molecule has 31 heavy (non-hydrogen) atoms. The normalized spacial score (nSPS) is 15.0. The number of nitrogens with zero attached hydrogens (tertiary/aromatic N) is 1. The Morgan fingerprint density at radius 1 is 0.645 bits per heavy atom. The minimum atomic E-state index is 0.104. The third-order valence-corrected chi connectivity index (χ3v) is 6.20. The van der Waals surface area contributed by atoms with Crippen molar-refractivity contribution in [3.05, 3.63) is 118 Å². The maximum Gasteiger partial charge on any atom is 0.195 e. The first-order valence-corrected chi connectivity index (χ1v) is 11.0. The molecular formula is C29H25NO. The van der Waals surface area contributed by atoms with Gasteiger partial charge in [-0.05, 0) is 42.2 Å². The zero-order chi connectivity index (χ0) is 21.4. The van der Waals surface area contributed by atoms with Crippen LogP contribution in [0.2, 0.25) is 0 Å². The van der Waals surface area contributed by atoms with Gasteiger partial charge in [0.05, 0.1) is 5.70 Å². The summed E-state index contributed by atoms with van der Waals surface area (Å²) < 4.78 is 0. The van der Waals surface area contributed by atoms with Gasteiger partial charge in [0.15, 0.2) is 5.78 Å². The number of carbonyl (C=O) groups is 1. The van der Waals surface area contributed by atoms with Crippen LogP contribution in [0.15, 0.2) is 96.2 Å². The van der Waals surface area contributed by atoms with Crippen molar-refractivity contribution in [3.8, 4) is 0 Å². The van der Waals surface area contributed by atoms with Crippen molar-refractivity contribution in [3.63, 3.8) is 0 Å². The maximum atomic E-state index is 14.0. The average Bonchev–Trinajstić information content (AvgIpc) is 3.22. The zero-order valence-electron chi connectivity index (χ0n) is 17.9. The summed E-state index contributed by atoms with van der Waals surface area (Å²) >= 11 is 0. The highest BCUT2D eigenvalue weighted by molar-refractivity contribution is 6.45. The minimum absolute atomic E-state index is 0.104. The van der Waals surface area contributed by atoms with Crippen molar-refractivity contribution in [2.75, 3.05) is 13.1 Å². The molecule has 0 N–H and O–H groups in total. The monoisotopic (exact) mass is 403 g/mol. The fraction of sp³-hybridized carbons (Fsp3) is 0.138. The lowest BCUT2D eigenvalue weighted by Gasteiger charge is -2.34. The first-order valence-electron chi connectivity index (χ1n) is 11.0. The maximum absolute atomic E-state index is 14.0. The van der Waals surface area contributed by atoms with Gasteiger partial charge in [-0.1, -0.05) is 84.9 Å². The smallest absolute Gasteiger partial charge is 0.195 e. The Morgan fingerprint density at radius 2 is 1.19 bits per heavy atom. The number of allylic oxidation sites excluding steroid dienone is 4. The van der Waals surface area contributed by atoms with Gasteiger partial charge in [-0.2, -0.15) is 0 Å². The van der Waals surface area contributed by atoms with E-state index in [1.54, 1.807) is 0 Å². The second-order valence-electron chi connectivity index (χ2n) is 7.85. The summed E-state index contributed by atoms with van der Waals surface area (Å²) in [7, 11) is 0. The van der Waals surface area contributed by atoms with E-state index in [-0.39, 0.29) is 5.78 Å². The van der Waals surface area contributed by atoms with E-state index in [0.29, 0.717) is 0 Å². The topological polar surface area (TPSA) is 20.3 Å². The molecule has 0 saturated heterocycles. The lowest BCUT2D eigenvalue weighted by molar-refractivity contribution is -0.110. The molecule has 0 aliphatic heterocycles. The summed E-state index contributed by atoms with van der Waals surface area (Å²) in [6.07, 6.45) is 2.07. The van der Waals surface area contributed by atoms with E-state index < -0.39 is 0 Å². The van der Waals surface area contributed by atoms with Gasteiger partial charge in [0, 0.05) is 35.4 Å². The highest BCUT2D eigenvalue weighted by Crippen LogP contribution is 2.50. The van der Waals surface area contributed by atoms with Crippen LogP contribution >= 0.6 is 0 Å². The predicted octanol–water partition coefficient (Wildman–Crippen LogP) is 6.33. The summed E-state index contributed by atoms with van der Waals surface area (Å²) in [4.78, 5) is 16.4. The lowest BCUT2D eigenvalue weighted by atomic mass is 9.78. The molecule has 0 radical (unpaired) electrons. The largest absolute Gasteiger partial charge is 0.371 e. The van der Waals surface area contributed by atoms with Crippen LogP contribution in [0.5, 0.6) is 0 Å². The standard InChI is InChI=1S/C29H25NO/c1-3-30(4-2)28-25(20-13-7-5-8-14-20)26(21-15-9-6-10-16-21)29(31)24-19-22-17-11-12-18-23(22)27(24)28/h5-19H,3-4H2,1-2H3. The molecule has 0 spiro atoms. The quantitative estimate of drug-likeness (QED) is 0.496. The molecule has 2 heteroatoms. The number of benzene rings is 3. The molecule has 0 heterocycles. The van der Waals surface area contributed by atoms with Crippen LogP contribution in [0.3, 0.4) is 0 Å². The van der Waals surface area contributed by atoms with Crippen molar-refractivity contribution < 1.29 is 4.79 Å². The Kier molecular flexibility index (Phi) is 4.91. The fourth-order valence-corrected chi connectivity index (χ4v) is 4.77. The summed E-state index contributed by atoms with van der Waals surface area (Å²) in [6.45, 7) is 6.11. The summed E-state index contributed by atoms with van der Waals surface area (Å²) in [5.41, 5.74) is 9.16. The summed E-state index contributed by atoms with van der Waals surface area (Å²) in [5, 5.41) is 0. The number of carbonyl (C=O) groups excluding carboxylic acids is 1. The van der Waals surface area contributed by atoms with Gasteiger partial charge in [0.1, 0.15) is 0 Å². The van der Waals surface area contributed by atoms with Crippen molar-refractivity contribution in [1.82, 2.24) is 4.90 Å². The third-order valence-electron chi connectivity index (χ3n) is 6.20.